The van der Waals surface area contributed by atoms with Gasteiger partial charge in [-0.25, -0.2) is 4.98 Å². The molecule has 1 aliphatic carbocycles. The molecule has 0 atom stereocenters. The fraction of sp³-hybridized carbons (Fsp3) is 0.500. The molecule has 1 aromatic carbocycles. The van der Waals surface area contributed by atoms with Crippen molar-refractivity contribution in [3.05, 3.63) is 60.2 Å². The highest BCUT2D eigenvalue weighted by Gasteiger charge is 2.28. The van der Waals surface area contributed by atoms with E-state index in [1.165, 1.54) is 31.2 Å². The molecular formula is C24H34N4O. The molecule has 1 heterocycles. The average molecular weight is 395 g/mol. The summed E-state index contributed by atoms with van der Waals surface area (Å²) in [7, 11) is 3.79. The molecule has 0 saturated heterocycles. The van der Waals surface area contributed by atoms with Gasteiger partial charge >= 0.3 is 0 Å². The molecule has 5 heteroatoms. The maximum atomic E-state index is 13.4. The summed E-state index contributed by atoms with van der Waals surface area (Å²) in [5.74, 6) is 2.40. The standard InChI is InChI=1S/C24H34N4O/c1-5-16-27(4)24(29)22-23(26(3)6-2)25-21(17-19-12-10-11-13-19)28(22)18-20-14-8-7-9-15-20/h6-9,14-15,19H,2,5,10-13,16-18H2,1,3-4H3. The molecule has 156 valence electrons. The summed E-state index contributed by atoms with van der Waals surface area (Å²) in [5, 5.41) is 0. The molecule has 1 fully saturated rings. The van der Waals surface area contributed by atoms with Crippen LogP contribution in [0.3, 0.4) is 0 Å². The van der Waals surface area contributed by atoms with Gasteiger partial charge in [-0.05, 0) is 24.1 Å². The van der Waals surface area contributed by atoms with Crippen LogP contribution in [0.4, 0.5) is 5.82 Å². The minimum absolute atomic E-state index is 0.0247. The lowest BCUT2D eigenvalue weighted by Crippen LogP contribution is -2.31. The molecular weight excluding hydrogens is 360 g/mol. The molecule has 1 saturated carbocycles. The van der Waals surface area contributed by atoms with Crippen LogP contribution in [0, 0.1) is 5.92 Å². The number of benzene rings is 1. The van der Waals surface area contributed by atoms with Crippen LogP contribution >= 0.6 is 0 Å². The van der Waals surface area contributed by atoms with Crippen LogP contribution in [0.2, 0.25) is 0 Å². The Balaban J connectivity index is 2.08. The Bertz CT molecular complexity index is 821. The SMILES string of the molecule is C=CN(C)c1nc(CC2CCCC2)n(Cc2ccccc2)c1C(=O)N(C)CCC. The van der Waals surface area contributed by atoms with Gasteiger partial charge in [0, 0.05) is 33.6 Å². The quantitative estimate of drug-likeness (QED) is 0.618. The van der Waals surface area contributed by atoms with E-state index in [0.29, 0.717) is 24.0 Å². The van der Waals surface area contributed by atoms with Gasteiger partial charge in [0.15, 0.2) is 11.5 Å². The molecule has 5 nitrogen and oxygen atoms in total. The first-order chi connectivity index (χ1) is 14.0. The van der Waals surface area contributed by atoms with E-state index >= 15 is 0 Å². The predicted molar refractivity (Wildman–Crippen MR) is 119 cm³/mol. The zero-order valence-corrected chi connectivity index (χ0v) is 18.1. The van der Waals surface area contributed by atoms with Gasteiger partial charge in [-0.1, -0.05) is 69.5 Å². The number of amides is 1. The lowest BCUT2D eigenvalue weighted by Gasteiger charge is -2.21. The molecule has 3 rings (SSSR count). The summed E-state index contributed by atoms with van der Waals surface area (Å²) in [5.41, 5.74) is 1.85. The van der Waals surface area contributed by atoms with Gasteiger partial charge in [-0.3, -0.25) is 4.79 Å². The molecule has 0 radical (unpaired) electrons. The number of hydrogen-bond acceptors (Lipinski definition) is 3. The molecule has 1 amide bonds. The first-order valence-corrected chi connectivity index (χ1v) is 10.8. The summed E-state index contributed by atoms with van der Waals surface area (Å²) in [6.45, 7) is 7.37. The number of rotatable bonds is 9. The maximum Gasteiger partial charge on any atom is 0.274 e. The smallest absolute Gasteiger partial charge is 0.274 e. The van der Waals surface area contributed by atoms with Crippen LogP contribution in [0.15, 0.2) is 43.1 Å². The van der Waals surface area contributed by atoms with E-state index in [-0.39, 0.29) is 5.91 Å². The van der Waals surface area contributed by atoms with E-state index in [1.54, 1.807) is 11.1 Å². The number of imidazole rings is 1. The third-order valence-electron chi connectivity index (χ3n) is 5.87. The van der Waals surface area contributed by atoms with Gasteiger partial charge < -0.3 is 14.4 Å². The van der Waals surface area contributed by atoms with E-state index in [0.717, 1.165) is 25.2 Å². The number of hydrogen-bond donors (Lipinski definition) is 0. The Morgan fingerprint density at radius 1 is 1.24 bits per heavy atom. The monoisotopic (exact) mass is 394 g/mol. The second kappa shape index (κ2) is 9.77. The Morgan fingerprint density at radius 3 is 2.55 bits per heavy atom. The molecule has 2 aromatic rings. The van der Waals surface area contributed by atoms with Crippen LogP contribution in [0.25, 0.3) is 0 Å². The summed E-state index contributed by atoms with van der Waals surface area (Å²) in [6.07, 6.45) is 8.69. The zero-order chi connectivity index (χ0) is 20.8. The van der Waals surface area contributed by atoms with Gasteiger partial charge in [0.1, 0.15) is 5.82 Å². The van der Waals surface area contributed by atoms with Gasteiger partial charge in [-0.15, -0.1) is 0 Å². The molecule has 0 N–H and O–H groups in total. The van der Waals surface area contributed by atoms with E-state index in [1.807, 2.05) is 37.2 Å². The molecule has 29 heavy (non-hydrogen) atoms. The number of aromatic nitrogens is 2. The molecule has 1 aliphatic rings. The largest absolute Gasteiger partial charge is 0.340 e. The van der Waals surface area contributed by atoms with Crippen LogP contribution in [-0.4, -0.2) is 41.0 Å². The first kappa shape index (κ1) is 21.2. The van der Waals surface area contributed by atoms with Crippen molar-refractivity contribution in [2.75, 3.05) is 25.5 Å². The molecule has 1 aromatic heterocycles. The van der Waals surface area contributed by atoms with Gasteiger partial charge in [0.2, 0.25) is 0 Å². The lowest BCUT2D eigenvalue weighted by molar-refractivity contribution is 0.0785. The van der Waals surface area contributed by atoms with E-state index in [4.69, 9.17) is 4.98 Å². The normalized spacial score (nSPS) is 14.2. The summed E-state index contributed by atoms with van der Waals surface area (Å²) >= 11 is 0. The van der Waals surface area contributed by atoms with Crippen LogP contribution < -0.4 is 4.90 Å². The zero-order valence-electron chi connectivity index (χ0n) is 18.1. The van der Waals surface area contributed by atoms with Crippen molar-refractivity contribution in [1.29, 1.82) is 0 Å². The Hall–Kier alpha value is -2.56. The Kier molecular flexibility index (Phi) is 7.13. The van der Waals surface area contributed by atoms with E-state index < -0.39 is 0 Å². The maximum absolute atomic E-state index is 13.4. The molecule has 0 unspecified atom stereocenters. The van der Waals surface area contributed by atoms with Gasteiger partial charge in [0.05, 0.1) is 0 Å². The molecule has 0 aliphatic heterocycles. The van der Waals surface area contributed by atoms with Crippen molar-refractivity contribution in [2.24, 2.45) is 5.92 Å². The fourth-order valence-corrected chi connectivity index (χ4v) is 4.21. The van der Waals surface area contributed by atoms with Crippen molar-refractivity contribution < 1.29 is 4.79 Å². The van der Waals surface area contributed by atoms with E-state index in [2.05, 4.69) is 30.2 Å². The number of carbonyl (C=O) groups excluding carboxylic acids is 1. The highest BCUT2D eigenvalue weighted by atomic mass is 16.2. The second-order valence-electron chi connectivity index (χ2n) is 8.15. The van der Waals surface area contributed by atoms with Crippen LogP contribution in [-0.2, 0) is 13.0 Å². The van der Waals surface area contributed by atoms with E-state index in [9.17, 15) is 4.79 Å². The van der Waals surface area contributed by atoms with Crippen molar-refractivity contribution in [2.45, 2.75) is 52.0 Å². The topological polar surface area (TPSA) is 41.4 Å². The van der Waals surface area contributed by atoms with Gasteiger partial charge in [0.25, 0.3) is 5.91 Å². The van der Waals surface area contributed by atoms with Crippen LogP contribution in [0.5, 0.6) is 0 Å². The number of anilines is 1. The molecule has 0 spiro atoms. The van der Waals surface area contributed by atoms with Gasteiger partial charge in [-0.2, -0.15) is 0 Å². The minimum atomic E-state index is 0.0247. The van der Waals surface area contributed by atoms with Crippen molar-refractivity contribution in [3.63, 3.8) is 0 Å². The molecule has 0 bridgehead atoms. The fourth-order valence-electron chi connectivity index (χ4n) is 4.21. The summed E-state index contributed by atoms with van der Waals surface area (Å²) in [6, 6.07) is 10.3. The first-order valence-electron chi connectivity index (χ1n) is 10.8. The number of nitrogens with zero attached hydrogens (tertiary/aromatic N) is 4. The third-order valence-corrected chi connectivity index (χ3v) is 5.87. The van der Waals surface area contributed by atoms with Crippen molar-refractivity contribution >= 4 is 11.7 Å². The Morgan fingerprint density at radius 2 is 1.93 bits per heavy atom. The highest BCUT2D eigenvalue weighted by molar-refractivity contribution is 5.97. The highest BCUT2D eigenvalue weighted by Crippen LogP contribution is 2.31. The van der Waals surface area contributed by atoms with Crippen LogP contribution in [0.1, 0.15) is 60.9 Å². The third kappa shape index (κ3) is 4.89. The Labute approximate surface area is 175 Å². The van der Waals surface area contributed by atoms with Crippen molar-refractivity contribution in [1.82, 2.24) is 14.5 Å². The lowest BCUT2D eigenvalue weighted by atomic mass is 10.0. The summed E-state index contributed by atoms with van der Waals surface area (Å²) in [4.78, 5) is 22.1. The van der Waals surface area contributed by atoms with Crippen molar-refractivity contribution in [3.8, 4) is 0 Å². The average Bonchev–Trinajstić information content (AvgIpc) is 3.36. The predicted octanol–water partition coefficient (Wildman–Crippen LogP) is 4.73. The second-order valence-corrected chi connectivity index (χ2v) is 8.15. The minimum Gasteiger partial charge on any atom is -0.340 e. The number of carbonyl (C=O) groups is 1. The summed E-state index contributed by atoms with van der Waals surface area (Å²) < 4.78 is 2.15.